The van der Waals surface area contributed by atoms with Crippen molar-refractivity contribution in [2.24, 2.45) is 5.41 Å². The fraction of sp³-hybridized carbons (Fsp3) is 0.389. The lowest BCUT2D eigenvalue weighted by Crippen LogP contribution is -2.33. The maximum Gasteiger partial charge on any atom is 0.226 e. The van der Waals surface area contributed by atoms with Gasteiger partial charge in [0, 0.05) is 23.4 Å². The molecule has 1 N–H and O–H groups in total. The summed E-state index contributed by atoms with van der Waals surface area (Å²) in [6.45, 7) is 4.80. The molecule has 0 atom stereocenters. The number of aromatic nitrogens is 3. The number of nitrogens with zero attached hydrogens (tertiary/aromatic N) is 3. The number of thioether (sulfide) groups is 1. The molecule has 1 aliphatic heterocycles. The van der Waals surface area contributed by atoms with Crippen LogP contribution >= 0.6 is 11.8 Å². The lowest BCUT2D eigenvalue weighted by molar-refractivity contribution is -0.118. The predicted octanol–water partition coefficient (Wildman–Crippen LogP) is 3.64. The largest absolute Gasteiger partial charge is 0.328 e. The highest BCUT2D eigenvalue weighted by Gasteiger charge is 2.36. The molecule has 2 aromatic rings. The van der Waals surface area contributed by atoms with Crippen LogP contribution in [0.3, 0.4) is 0 Å². The molecule has 0 saturated carbocycles. The Balaban J connectivity index is 1.51. The Bertz CT molecular complexity index is 823. The molecule has 2 aliphatic rings. The third kappa shape index (κ3) is 2.98. The minimum atomic E-state index is 0.00992. The Labute approximate surface area is 145 Å². The van der Waals surface area contributed by atoms with Gasteiger partial charge in [-0.15, -0.1) is 5.10 Å². The van der Waals surface area contributed by atoms with E-state index in [0.29, 0.717) is 13.0 Å². The van der Waals surface area contributed by atoms with Gasteiger partial charge >= 0.3 is 0 Å². The average Bonchev–Trinajstić information content (AvgIpc) is 2.93. The maximum atomic E-state index is 12.4. The SMILES string of the molecule is CC1(C)CC(=O)C2=C(C1)Nc1nc(SCc3ccccc3)nn1C2. The molecule has 24 heavy (non-hydrogen) atoms. The van der Waals surface area contributed by atoms with Gasteiger partial charge in [-0.2, -0.15) is 4.98 Å². The van der Waals surface area contributed by atoms with Crippen molar-refractivity contribution in [3.05, 3.63) is 47.2 Å². The normalized spacial score (nSPS) is 18.8. The van der Waals surface area contributed by atoms with E-state index < -0.39 is 0 Å². The first-order valence-corrected chi connectivity index (χ1v) is 9.13. The second kappa shape index (κ2) is 5.77. The van der Waals surface area contributed by atoms with Gasteiger partial charge < -0.3 is 5.32 Å². The first-order chi connectivity index (χ1) is 11.5. The van der Waals surface area contributed by atoms with Gasteiger partial charge in [0.2, 0.25) is 11.1 Å². The van der Waals surface area contributed by atoms with Crippen molar-refractivity contribution in [3.8, 4) is 0 Å². The molecule has 1 aromatic carbocycles. The van der Waals surface area contributed by atoms with Crippen molar-refractivity contribution < 1.29 is 4.79 Å². The van der Waals surface area contributed by atoms with Crippen LogP contribution in [-0.4, -0.2) is 20.5 Å². The number of allylic oxidation sites excluding steroid dienone is 2. The van der Waals surface area contributed by atoms with E-state index in [2.05, 4.69) is 41.4 Å². The fourth-order valence-electron chi connectivity index (χ4n) is 3.25. The van der Waals surface area contributed by atoms with Gasteiger partial charge in [-0.25, -0.2) is 4.68 Å². The molecule has 6 heteroatoms. The van der Waals surface area contributed by atoms with Gasteiger partial charge in [0.15, 0.2) is 5.78 Å². The molecule has 124 valence electrons. The van der Waals surface area contributed by atoms with E-state index >= 15 is 0 Å². The average molecular weight is 340 g/mol. The number of carbonyl (C=O) groups is 1. The van der Waals surface area contributed by atoms with E-state index in [0.717, 1.165) is 34.5 Å². The number of fused-ring (bicyclic) bond motifs is 1. The number of anilines is 1. The molecule has 2 heterocycles. The molecular formula is C18H20N4OS. The van der Waals surface area contributed by atoms with Crippen LogP contribution in [0, 0.1) is 5.41 Å². The summed E-state index contributed by atoms with van der Waals surface area (Å²) in [5.41, 5.74) is 3.15. The smallest absolute Gasteiger partial charge is 0.226 e. The summed E-state index contributed by atoms with van der Waals surface area (Å²) in [5, 5.41) is 8.63. The van der Waals surface area contributed by atoms with Crippen LogP contribution in [0.25, 0.3) is 0 Å². The molecule has 0 unspecified atom stereocenters. The van der Waals surface area contributed by atoms with Crippen molar-refractivity contribution >= 4 is 23.5 Å². The van der Waals surface area contributed by atoms with Crippen molar-refractivity contribution in [1.29, 1.82) is 0 Å². The van der Waals surface area contributed by atoms with Gasteiger partial charge in [-0.05, 0) is 17.4 Å². The Morgan fingerprint density at radius 2 is 2.04 bits per heavy atom. The number of hydrogen-bond acceptors (Lipinski definition) is 5. The van der Waals surface area contributed by atoms with Crippen LogP contribution in [-0.2, 0) is 17.1 Å². The molecule has 1 aliphatic carbocycles. The fourth-order valence-corrected chi connectivity index (χ4v) is 4.05. The second-order valence-electron chi connectivity index (χ2n) is 7.17. The number of Topliss-reactive ketones (excluding diaryl/α,β-unsaturated/α-hetero) is 1. The number of rotatable bonds is 3. The minimum Gasteiger partial charge on any atom is -0.328 e. The summed E-state index contributed by atoms with van der Waals surface area (Å²) in [5.74, 6) is 1.81. The van der Waals surface area contributed by atoms with Crippen LogP contribution in [0.15, 0.2) is 46.8 Å². The zero-order chi connectivity index (χ0) is 16.7. The minimum absolute atomic E-state index is 0.00992. The second-order valence-corrected chi connectivity index (χ2v) is 8.12. The molecule has 0 bridgehead atoms. The van der Waals surface area contributed by atoms with Gasteiger partial charge in [0.05, 0.1) is 6.54 Å². The molecule has 0 amide bonds. The summed E-state index contributed by atoms with van der Waals surface area (Å²) in [7, 11) is 0. The number of nitrogens with one attached hydrogen (secondary N) is 1. The van der Waals surface area contributed by atoms with Crippen molar-refractivity contribution in [2.45, 2.75) is 44.1 Å². The van der Waals surface area contributed by atoms with Crippen molar-refractivity contribution in [1.82, 2.24) is 14.8 Å². The van der Waals surface area contributed by atoms with E-state index in [-0.39, 0.29) is 11.2 Å². The highest BCUT2D eigenvalue weighted by atomic mass is 32.2. The topological polar surface area (TPSA) is 59.8 Å². The third-order valence-electron chi connectivity index (χ3n) is 4.43. The molecule has 0 saturated heterocycles. The van der Waals surface area contributed by atoms with Crippen LogP contribution in [0.4, 0.5) is 5.95 Å². The van der Waals surface area contributed by atoms with Crippen LogP contribution in [0.2, 0.25) is 0 Å². The standard InChI is InChI=1S/C18H20N4OS/c1-18(2)8-14-13(15(23)9-18)10-22-16(19-14)20-17(21-22)24-11-12-6-4-3-5-7-12/h3-7H,8-11H2,1-2H3,(H,19,20,21). The summed E-state index contributed by atoms with van der Waals surface area (Å²) < 4.78 is 1.81. The van der Waals surface area contributed by atoms with Gasteiger partial charge in [-0.1, -0.05) is 55.9 Å². The monoisotopic (exact) mass is 340 g/mol. The summed E-state index contributed by atoms with van der Waals surface area (Å²) in [6.07, 6.45) is 1.49. The highest BCUT2D eigenvalue weighted by Crippen LogP contribution is 2.39. The Morgan fingerprint density at radius 1 is 1.25 bits per heavy atom. The lowest BCUT2D eigenvalue weighted by atomic mass is 9.75. The molecular weight excluding hydrogens is 320 g/mol. The van der Waals surface area contributed by atoms with Crippen LogP contribution < -0.4 is 5.32 Å². The zero-order valence-electron chi connectivity index (χ0n) is 13.9. The maximum absolute atomic E-state index is 12.4. The van der Waals surface area contributed by atoms with E-state index in [1.807, 2.05) is 22.9 Å². The van der Waals surface area contributed by atoms with E-state index in [1.165, 1.54) is 5.56 Å². The summed E-state index contributed by atoms with van der Waals surface area (Å²) in [6, 6.07) is 10.3. The Hall–Kier alpha value is -2.08. The van der Waals surface area contributed by atoms with E-state index in [4.69, 9.17) is 0 Å². The summed E-state index contributed by atoms with van der Waals surface area (Å²) >= 11 is 1.61. The molecule has 5 nitrogen and oxygen atoms in total. The molecule has 4 rings (SSSR count). The number of benzene rings is 1. The quantitative estimate of drug-likeness (QED) is 0.865. The number of hydrogen-bond donors (Lipinski definition) is 1. The van der Waals surface area contributed by atoms with Crippen LogP contribution in [0.5, 0.6) is 0 Å². The highest BCUT2D eigenvalue weighted by molar-refractivity contribution is 7.98. The number of ketones is 1. The third-order valence-corrected chi connectivity index (χ3v) is 5.34. The Kier molecular flexibility index (Phi) is 3.72. The van der Waals surface area contributed by atoms with Gasteiger partial charge in [0.25, 0.3) is 0 Å². The van der Waals surface area contributed by atoms with Crippen molar-refractivity contribution in [2.75, 3.05) is 5.32 Å². The van der Waals surface area contributed by atoms with Gasteiger partial charge in [0.1, 0.15) is 0 Å². The van der Waals surface area contributed by atoms with Crippen LogP contribution in [0.1, 0.15) is 32.3 Å². The molecule has 0 fully saturated rings. The van der Waals surface area contributed by atoms with Crippen molar-refractivity contribution in [3.63, 3.8) is 0 Å². The molecule has 1 aromatic heterocycles. The predicted molar refractivity (Wildman–Crippen MR) is 94.7 cm³/mol. The summed E-state index contributed by atoms with van der Waals surface area (Å²) in [4.78, 5) is 17.0. The lowest BCUT2D eigenvalue weighted by Gasteiger charge is -2.34. The number of carbonyl (C=O) groups excluding carboxylic acids is 1. The van der Waals surface area contributed by atoms with E-state index in [1.54, 1.807) is 11.8 Å². The molecule has 0 radical (unpaired) electrons. The first kappa shape index (κ1) is 15.4. The Morgan fingerprint density at radius 3 is 2.83 bits per heavy atom. The molecule has 0 spiro atoms. The van der Waals surface area contributed by atoms with Gasteiger partial charge in [-0.3, -0.25) is 4.79 Å². The zero-order valence-corrected chi connectivity index (χ0v) is 14.7. The first-order valence-electron chi connectivity index (χ1n) is 8.14. The van der Waals surface area contributed by atoms with E-state index in [9.17, 15) is 4.79 Å².